The summed E-state index contributed by atoms with van der Waals surface area (Å²) < 4.78 is 0.999. The van der Waals surface area contributed by atoms with Crippen molar-refractivity contribution in [3.63, 3.8) is 0 Å². The Labute approximate surface area is 113 Å². The number of phenolic OH excluding ortho intramolecular Hbond substituents is 1. The van der Waals surface area contributed by atoms with E-state index in [2.05, 4.69) is 25.9 Å². The first-order valence-corrected chi connectivity index (χ1v) is 6.38. The Kier molecular flexibility index (Phi) is 2.59. The Balaban J connectivity index is 2.22. The third-order valence-electron chi connectivity index (χ3n) is 2.94. The minimum absolute atomic E-state index is 0.274. The molecule has 2 N–H and O–H groups in total. The molecule has 0 fully saturated rings. The van der Waals surface area contributed by atoms with E-state index in [1.54, 1.807) is 0 Å². The second kappa shape index (κ2) is 4.14. The van der Waals surface area contributed by atoms with E-state index in [1.807, 2.05) is 43.3 Å². The molecule has 3 aromatic rings. The number of hydrogen-bond acceptors (Lipinski definition) is 2. The molecule has 1 aromatic heterocycles. The van der Waals surface area contributed by atoms with Gasteiger partial charge in [0.15, 0.2) is 0 Å². The van der Waals surface area contributed by atoms with Crippen molar-refractivity contribution in [2.75, 3.05) is 0 Å². The first kappa shape index (κ1) is 11.3. The summed E-state index contributed by atoms with van der Waals surface area (Å²) in [6.45, 7) is 1.87. The number of phenols is 1. The molecule has 0 saturated heterocycles. The number of nitrogens with one attached hydrogen (secondary N) is 1. The average Bonchev–Trinajstić information content (AvgIpc) is 2.75. The smallest absolute Gasteiger partial charge is 0.142 e. The third kappa shape index (κ3) is 1.78. The number of H-pyrrole nitrogens is 1. The Morgan fingerprint density at radius 3 is 2.89 bits per heavy atom. The van der Waals surface area contributed by atoms with Crippen LogP contribution in [0.15, 0.2) is 40.9 Å². The first-order chi connectivity index (χ1) is 8.65. The normalized spacial score (nSPS) is 11.0. The number of aromatic hydroxyl groups is 1. The van der Waals surface area contributed by atoms with Crippen molar-refractivity contribution in [3.8, 4) is 17.1 Å². The van der Waals surface area contributed by atoms with Gasteiger partial charge in [-0.05, 0) is 36.8 Å². The minimum Gasteiger partial charge on any atom is -0.507 e. The van der Waals surface area contributed by atoms with E-state index in [4.69, 9.17) is 0 Å². The summed E-state index contributed by atoms with van der Waals surface area (Å²) in [7, 11) is 0. The van der Waals surface area contributed by atoms with Gasteiger partial charge in [0.25, 0.3) is 0 Å². The van der Waals surface area contributed by atoms with Gasteiger partial charge >= 0.3 is 0 Å². The predicted octanol–water partition coefficient (Wildman–Crippen LogP) is 4.01. The Morgan fingerprint density at radius 1 is 1.22 bits per heavy atom. The molecular weight excluding hydrogens is 292 g/mol. The van der Waals surface area contributed by atoms with Crippen molar-refractivity contribution < 1.29 is 5.11 Å². The summed E-state index contributed by atoms with van der Waals surface area (Å²) in [6, 6.07) is 11.5. The number of aryl methyl sites for hydroxylation is 1. The molecule has 3 rings (SSSR count). The standard InChI is InChI=1S/C14H11BrN2O/c1-8-3-2-4-10(13(8)18)14-16-11-6-5-9(15)7-12(11)17-14/h2-7,18H,1H3,(H,16,17). The molecule has 90 valence electrons. The second-order valence-electron chi connectivity index (χ2n) is 4.22. The van der Waals surface area contributed by atoms with Crippen LogP contribution in [0.2, 0.25) is 0 Å². The van der Waals surface area contributed by atoms with Gasteiger partial charge in [-0.3, -0.25) is 0 Å². The molecule has 3 nitrogen and oxygen atoms in total. The maximum Gasteiger partial charge on any atom is 0.142 e. The number of fused-ring (bicyclic) bond motifs is 1. The van der Waals surface area contributed by atoms with E-state index in [0.717, 1.165) is 26.6 Å². The molecule has 1 heterocycles. The molecule has 2 aromatic carbocycles. The number of rotatable bonds is 1. The molecule has 18 heavy (non-hydrogen) atoms. The lowest BCUT2D eigenvalue weighted by atomic mass is 10.1. The van der Waals surface area contributed by atoms with E-state index in [1.165, 1.54) is 0 Å². The van der Waals surface area contributed by atoms with Crippen molar-refractivity contribution in [3.05, 3.63) is 46.4 Å². The number of benzene rings is 2. The zero-order valence-electron chi connectivity index (χ0n) is 9.74. The molecule has 0 aliphatic carbocycles. The van der Waals surface area contributed by atoms with E-state index in [0.29, 0.717) is 5.82 Å². The monoisotopic (exact) mass is 302 g/mol. The highest BCUT2D eigenvalue weighted by molar-refractivity contribution is 9.10. The van der Waals surface area contributed by atoms with Crippen LogP contribution < -0.4 is 0 Å². The van der Waals surface area contributed by atoms with Crippen LogP contribution in [0, 0.1) is 6.92 Å². The summed E-state index contributed by atoms with van der Waals surface area (Å²) in [6.07, 6.45) is 0. The zero-order chi connectivity index (χ0) is 12.7. The summed E-state index contributed by atoms with van der Waals surface area (Å²) in [5.74, 6) is 0.958. The van der Waals surface area contributed by atoms with Gasteiger partial charge in [-0.2, -0.15) is 0 Å². The summed E-state index contributed by atoms with van der Waals surface area (Å²) in [5.41, 5.74) is 3.39. The lowest BCUT2D eigenvalue weighted by Crippen LogP contribution is -1.83. The molecule has 4 heteroatoms. The fourth-order valence-corrected chi connectivity index (χ4v) is 2.32. The highest BCUT2D eigenvalue weighted by atomic mass is 79.9. The van der Waals surface area contributed by atoms with Crippen molar-refractivity contribution in [1.82, 2.24) is 9.97 Å². The number of imidazole rings is 1. The molecule has 0 saturated carbocycles. The fraction of sp³-hybridized carbons (Fsp3) is 0.0714. The third-order valence-corrected chi connectivity index (χ3v) is 3.43. The number of aromatic amines is 1. The van der Waals surface area contributed by atoms with Crippen LogP contribution in [0.1, 0.15) is 5.56 Å². The van der Waals surface area contributed by atoms with Gasteiger partial charge in [0.2, 0.25) is 0 Å². The Hall–Kier alpha value is -1.81. The maximum absolute atomic E-state index is 10.1. The van der Waals surface area contributed by atoms with Crippen LogP contribution in [0.3, 0.4) is 0 Å². The Morgan fingerprint density at radius 2 is 2.06 bits per heavy atom. The quantitative estimate of drug-likeness (QED) is 0.713. The first-order valence-electron chi connectivity index (χ1n) is 5.59. The lowest BCUT2D eigenvalue weighted by molar-refractivity contribution is 0.473. The van der Waals surface area contributed by atoms with Crippen molar-refractivity contribution >= 4 is 27.0 Å². The van der Waals surface area contributed by atoms with Gasteiger partial charge in [0.1, 0.15) is 11.6 Å². The largest absolute Gasteiger partial charge is 0.507 e. The SMILES string of the molecule is Cc1cccc(-c2nc3ccc(Br)cc3[nH]2)c1O. The van der Waals surface area contributed by atoms with Crippen LogP contribution in [0.5, 0.6) is 5.75 Å². The number of nitrogens with zero attached hydrogens (tertiary/aromatic N) is 1. The number of aromatic nitrogens is 2. The van der Waals surface area contributed by atoms with E-state index < -0.39 is 0 Å². The molecule has 0 spiro atoms. The predicted molar refractivity (Wildman–Crippen MR) is 75.6 cm³/mol. The van der Waals surface area contributed by atoms with Crippen LogP contribution in [-0.2, 0) is 0 Å². The van der Waals surface area contributed by atoms with Gasteiger partial charge in [0.05, 0.1) is 16.6 Å². The van der Waals surface area contributed by atoms with Gasteiger partial charge in [-0.25, -0.2) is 4.98 Å². The van der Waals surface area contributed by atoms with Gasteiger partial charge in [-0.1, -0.05) is 28.1 Å². The van der Waals surface area contributed by atoms with Crippen molar-refractivity contribution in [2.24, 2.45) is 0 Å². The van der Waals surface area contributed by atoms with Gasteiger partial charge in [0, 0.05) is 4.47 Å². The zero-order valence-corrected chi connectivity index (χ0v) is 11.3. The number of para-hydroxylation sites is 1. The maximum atomic E-state index is 10.1. The van der Waals surface area contributed by atoms with E-state index >= 15 is 0 Å². The highest BCUT2D eigenvalue weighted by Crippen LogP contribution is 2.31. The average molecular weight is 303 g/mol. The lowest BCUT2D eigenvalue weighted by Gasteiger charge is -2.03. The summed E-state index contributed by atoms with van der Waals surface area (Å²) in [5, 5.41) is 10.1. The molecule has 0 radical (unpaired) electrons. The van der Waals surface area contributed by atoms with Crippen LogP contribution >= 0.6 is 15.9 Å². The molecule has 0 amide bonds. The topological polar surface area (TPSA) is 48.9 Å². The van der Waals surface area contributed by atoms with Crippen LogP contribution in [0.4, 0.5) is 0 Å². The minimum atomic E-state index is 0.274. The molecular formula is C14H11BrN2O. The van der Waals surface area contributed by atoms with Gasteiger partial charge < -0.3 is 10.1 Å². The fourth-order valence-electron chi connectivity index (χ4n) is 1.96. The molecule has 0 atom stereocenters. The summed E-state index contributed by atoms with van der Waals surface area (Å²) >= 11 is 3.43. The van der Waals surface area contributed by atoms with Crippen molar-refractivity contribution in [1.29, 1.82) is 0 Å². The Bertz CT molecular complexity index is 734. The number of halogens is 1. The number of hydrogen-bond donors (Lipinski definition) is 2. The van der Waals surface area contributed by atoms with Crippen LogP contribution in [-0.4, -0.2) is 15.1 Å². The molecule has 0 unspecified atom stereocenters. The second-order valence-corrected chi connectivity index (χ2v) is 5.13. The van der Waals surface area contributed by atoms with E-state index in [9.17, 15) is 5.11 Å². The molecule has 0 aliphatic heterocycles. The van der Waals surface area contributed by atoms with Gasteiger partial charge in [-0.15, -0.1) is 0 Å². The summed E-state index contributed by atoms with van der Waals surface area (Å²) in [4.78, 5) is 7.71. The van der Waals surface area contributed by atoms with Crippen molar-refractivity contribution in [2.45, 2.75) is 6.92 Å². The van der Waals surface area contributed by atoms with E-state index in [-0.39, 0.29) is 5.75 Å². The molecule has 0 aliphatic rings. The highest BCUT2D eigenvalue weighted by Gasteiger charge is 2.10. The van der Waals surface area contributed by atoms with Crippen LogP contribution in [0.25, 0.3) is 22.4 Å². The molecule has 0 bridgehead atoms.